The van der Waals surface area contributed by atoms with Crippen molar-refractivity contribution in [1.82, 2.24) is 5.32 Å². The van der Waals surface area contributed by atoms with Crippen molar-refractivity contribution in [2.24, 2.45) is 11.7 Å². The molecule has 0 radical (unpaired) electrons. The van der Waals surface area contributed by atoms with E-state index in [2.05, 4.69) is 5.32 Å². The van der Waals surface area contributed by atoms with Crippen LogP contribution in [-0.2, 0) is 0 Å². The van der Waals surface area contributed by atoms with E-state index in [4.69, 9.17) is 5.73 Å². The summed E-state index contributed by atoms with van der Waals surface area (Å²) in [6.07, 6.45) is 2.22. The van der Waals surface area contributed by atoms with Gasteiger partial charge >= 0.3 is 0 Å². The molecule has 0 spiro atoms. The third kappa shape index (κ3) is 3.99. The highest BCUT2D eigenvalue weighted by molar-refractivity contribution is 7.12. The highest BCUT2D eigenvalue weighted by Crippen LogP contribution is 2.32. The molecular weight excluding hydrogens is 332 g/mol. The number of amides is 1. The zero-order chi connectivity index (χ0) is 15.5. The summed E-state index contributed by atoms with van der Waals surface area (Å²) in [5.74, 6) is 0.147. The molecule has 1 atom stereocenters. The Hall–Kier alpha value is -1.69. The molecule has 2 aromatic rings. The fraction of sp³-hybridized carbons (Fsp3) is 0.294. The summed E-state index contributed by atoms with van der Waals surface area (Å²) >= 11 is 1.38. The molecule has 3 rings (SSSR count). The molecule has 23 heavy (non-hydrogen) atoms. The molecule has 0 saturated heterocycles. The number of carbonyl (C=O) groups is 2. The van der Waals surface area contributed by atoms with Crippen molar-refractivity contribution in [3.63, 3.8) is 0 Å². The van der Waals surface area contributed by atoms with Gasteiger partial charge in [0.15, 0.2) is 0 Å². The lowest BCUT2D eigenvalue weighted by molar-refractivity contribution is 0.0924. The quantitative estimate of drug-likeness (QED) is 0.787. The van der Waals surface area contributed by atoms with Crippen LogP contribution in [0.5, 0.6) is 0 Å². The Morgan fingerprint density at radius 3 is 2.43 bits per heavy atom. The predicted molar refractivity (Wildman–Crippen MR) is 94.5 cm³/mol. The molecule has 0 bridgehead atoms. The minimum atomic E-state index is -0.220. The number of nitrogens with one attached hydrogen (secondary N) is 1. The van der Waals surface area contributed by atoms with Crippen molar-refractivity contribution in [3.05, 3.63) is 57.8 Å². The molecule has 1 unspecified atom stereocenters. The zero-order valence-corrected chi connectivity index (χ0v) is 14.2. The van der Waals surface area contributed by atoms with E-state index in [9.17, 15) is 9.59 Å². The lowest BCUT2D eigenvalue weighted by Crippen LogP contribution is -2.42. The second kappa shape index (κ2) is 7.73. The molecule has 1 aromatic heterocycles. The lowest BCUT2D eigenvalue weighted by atomic mass is 10.0. The molecule has 122 valence electrons. The van der Waals surface area contributed by atoms with Gasteiger partial charge in [-0.05, 0) is 36.3 Å². The molecule has 1 aliphatic carbocycles. The molecule has 1 aliphatic rings. The zero-order valence-electron chi connectivity index (χ0n) is 12.5. The van der Waals surface area contributed by atoms with Crippen LogP contribution in [0.25, 0.3) is 0 Å². The number of carbonyl (C=O) groups excluding carboxylic acids is 2. The number of rotatable bonds is 6. The maximum Gasteiger partial charge on any atom is 0.252 e. The minimum absolute atomic E-state index is 0. The van der Waals surface area contributed by atoms with Gasteiger partial charge in [0.2, 0.25) is 5.78 Å². The van der Waals surface area contributed by atoms with Gasteiger partial charge in [-0.2, -0.15) is 0 Å². The Kier molecular flexibility index (Phi) is 5.93. The van der Waals surface area contributed by atoms with Crippen LogP contribution < -0.4 is 11.1 Å². The van der Waals surface area contributed by atoms with Crippen LogP contribution in [0.3, 0.4) is 0 Å². The van der Waals surface area contributed by atoms with Crippen molar-refractivity contribution in [1.29, 1.82) is 0 Å². The van der Waals surface area contributed by atoms with E-state index in [1.165, 1.54) is 11.3 Å². The highest BCUT2D eigenvalue weighted by Gasteiger charge is 2.32. The van der Waals surface area contributed by atoms with Gasteiger partial charge in [0.25, 0.3) is 5.91 Å². The Labute approximate surface area is 145 Å². The first-order chi connectivity index (χ1) is 10.7. The van der Waals surface area contributed by atoms with Gasteiger partial charge in [-0.3, -0.25) is 9.59 Å². The normalized spacial score (nSPS) is 14.7. The maximum absolute atomic E-state index is 12.5. The number of hydrogen-bond donors (Lipinski definition) is 2. The molecule has 1 heterocycles. The minimum Gasteiger partial charge on any atom is -0.348 e. The van der Waals surface area contributed by atoms with Crippen LogP contribution in [0.4, 0.5) is 0 Å². The molecule has 1 fully saturated rings. The van der Waals surface area contributed by atoms with Gasteiger partial charge in [0.1, 0.15) is 0 Å². The highest BCUT2D eigenvalue weighted by atomic mass is 35.5. The summed E-state index contributed by atoms with van der Waals surface area (Å²) in [5, 5.41) is 4.83. The molecule has 0 aliphatic heterocycles. The first-order valence-electron chi connectivity index (χ1n) is 7.39. The van der Waals surface area contributed by atoms with Crippen molar-refractivity contribution < 1.29 is 9.59 Å². The maximum atomic E-state index is 12.5. The SMILES string of the molecule is Cl.NCC(NC(=O)c1ccccc1C(=O)c1cccs1)C1CC1. The predicted octanol–water partition coefficient (Wildman–Crippen LogP) is 2.87. The van der Waals surface area contributed by atoms with Crippen LogP contribution in [0.15, 0.2) is 41.8 Å². The number of hydrogen-bond acceptors (Lipinski definition) is 4. The van der Waals surface area contributed by atoms with E-state index in [1.807, 2.05) is 11.4 Å². The third-order valence-corrected chi connectivity index (χ3v) is 4.79. The molecular formula is C17H19ClN2O2S. The molecule has 1 aromatic carbocycles. The number of ketones is 1. The average Bonchev–Trinajstić information content (AvgIpc) is 3.25. The van der Waals surface area contributed by atoms with E-state index in [-0.39, 0.29) is 30.1 Å². The Morgan fingerprint density at radius 2 is 1.87 bits per heavy atom. The van der Waals surface area contributed by atoms with Gasteiger partial charge in [-0.25, -0.2) is 0 Å². The van der Waals surface area contributed by atoms with Crippen LogP contribution >= 0.6 is 23.7 Å². The fourth-order valence-electron chi connectivity index (χ4n) is 2.53. The van der Waals surface area contributed by atoms with Gasteiger partial charge in [-0.1, -0.05) is 24.3 Å². The summed E-state index contributed by atoms with van der Waals surface area (Å²) in [4.78, 5) is 25.7. The summed E-state index contributed by atoms with van der Waals surface area (Å²) in [7, 11) is 0. The smallest absolute Gasteiger partial charge is 0.252 e. The van der Waals surface area contributed by atoms with Gasteiger partial charge < -0.3 is 11.1 Å². The molecule has 4 nitrogen and oxygen atoms in total. The first-order valence-corrected chi connectivity index (χ1v) is 8.27. The van der Waals surface area contributed by atoms with E-state index in [0.717, 1.165) is 12.8 Å². The summed E-state index contributed by atoms with van der Waals surface area (Å²) in [6, 6.07) is 10.5. The van der Waals surface area contributed by atoms with Crippen LogP contribution in [0, 0.1) is 5.92 Å². The summed E-state index contributed by atoms with van der Waals surface area (Å²) in [5.41, 5.74) is 6.59. The topological polar surface area (TPSA) is 72.2 Å². The Bertz CT molecular complexity index is 684. The summed E-state index contributed by atoms with van der Waals surface area (Å²) < 4.78 is 0. The summed E-state index contributed by atoms with van der Waals surface area (Å²) in [6.45, 7) is 0.428. The first kappa shape index (κ1) is 17.7. The number of nitrogens with two attached hydrogens (primary N) is 1. The van der Waals surface area contributed by atoms with E-state index >= 15 is 0 Å². The van der Waals surface area contributed by atoms with Crippen LogP contribution in [0.2, 0.25) is 0 Å². The average molecular weight is 351 g/mol. The van der Waals surface area contributed by atoms with E-state index < -0.39 is 0 Å². The van der Waals surface area contributed by atoms with E-state index in [1.54, 1.807) is 30.3 Å². The monoisotopic (exact) mass is 350 g/mol. The van der Waals surface area contributed by atoms with Gasteiger partial charge in [0, 0.05) is 18.2 Å². The lowest BCUT2D eigenvalue weighted by Gasteiger charge is -2.17. The van der Waals surface area contributed by atoms with Gasteiger partial charge in [0.05, 0.1) is 10.4 Å². The van der Waals surface area contributed by atoms with Crippen LogP contribution in [0.1, 0.15) is 38.4 Å². The standard InChI is InChI=1S/C17H18N2O2S.ClH/c18-10-14(11-7-8-11)19-17(21)13-5-2-1-4-12(13)16(20)15-6-3-9-22-15;/h1-6,9,11,14H,7-8,10,18H2,(H,19,21);1H. The molecule has 1 amide bonds. The number of benzene rings is 1. The number of halogens is 1. The molecule has 6 heteroatoms. The van der Waals surface area contributed by atoms with Gasteiger partial charge in [-0.15, -0.1) is 23.7 Å². The second-order valence-electron chi connectivity index (χ2n) is 5.51. The Morgan fingerprint density at radius 1 is 1.17 bits per heavy atom. The largest absolute Gasteiger partial charge is 0.348 e. The fourth-order valence-corrected chi connectivity index (χ4v) is 3.21. The second-order valence-corrected chi connectivity index (χ2v) is 6.45. The molecule has 3 N–H and O–H groups in total. The molecule has 1 saturated carbocycles. The third-order valence-electron chi connectivity index (χ3n) is 3.92. The van der Waals surface area contributed by atoms with Crippen molar-refractivity contribution >= 4 is 35.4 Å². The van der Waals surface area contributed by atoms with E-state index in [0.29, 0.717) is 28.5 Å². The van der Waals surface area contributed by atoms with Crippen LogP contribution in [-0.4, -0.2) is 24.3 Å². The van der Waals surface area contributed by atoms with Crippen molar-refractivity contribution in [2.75, 3.05) is 6.54 Å². The van der Waals surface area contributed by atoms with Crippen molar-refractivity contribution in [2.45, 2.75) is 18.9 Å². The number of thiophene rings is 1. The van der Waals surface area contributed by atoms with Crippen molar-refractivity contribution in [3.8, 4) is 0 Å². The Balaban J connectivity index is 0.00000192.